The van der Waals surface area contributed by atoms with E-state index in [9.17, 15) is 9.59 Å². The second-order valence-electron chi connectivity index (χ2n) is 5.92. The second kappa shape index (κ2) is 6.14. The molecule has 0 N–H and O–H groups in total. The predicted molar refractivity (Wildman–Crippen MR) is 94.2 cm³/mol. The first-order valence-electron chi connectivity index (χ1n) is 7.86. The van der Waals surface area contributed by atoms with E-state index in [1.54, 1.807) is 15.7 Å². The van der Waals surface area contributed by atoms with Gasteiger partial charge in [-0.2, -0.15) is 0 Å². The third kappa shape index (κ3) is 2.67. The van der Waals surface area contributed by atoms with Crippen LogP contribution in [0.25, 0.3) is 4.96 Å². The van der Waals surface area contributed by atoms with Gasteiger partial charge in [-0.25, -0.2) is 9.78 Å². The fourth-order valence-corrected chi connectivity index (χ4v) is 5.06. The molecule has 24 heavy (non-hydrogen) atoms. The summed E-state index contributed by atoms with van der Waals surface area (Å²) in [6, 6.07) is 1.43. The number of hydrogen-bond donors (Lipinski definition) is 0. The quantitative estimate of drug-likeness (QED) is 0.672. The van der Waals surface area contributed by atoms with Crippen LogP contribution < -0.4 is 5.56 Å². The van der Waals surface area contributed by atoms with Crippen molar-refractivity contribution in [1.29, 1.82) is 0 Å². The zero-order valence-corrected chi connectivity index (χ0v) is 14.8. The topological polar surface area (TPSA) is 60.7 Å². The number of fused-ring (bicyclic) bond motifs is 2. The number of carbonyl (C=O) groups excluding carboxylic acids is 1. The molecule has 3 aromatic heterocycles. The lowest BCUT2D eigenvalue weighted by atomic mass is 9.96. The van der Waals surface area contributed by atoms with E-state index in [4.69, 9.17) is 4.74 Å². The third-order valence-corrected chi connectivity index (χ3v) is 6.29. The van der Waals surface area contributed by atoms with Gasteiger partial charge < -0.3 is 4.74 Å². The minimum absolute atomic E-state index is 0.0200. The van der Waals surface area contributed by atoms with Crippen LogP contribution in [-0.2, 0) is 24.2 Å². The maximum Gasteiger partial charge on any atom is 0.339 e. The number of nitrogens with zero attached hydrogens (tertiary/aromatic N) is 2. The van der Waals surface area contributed by atoms with E-state index in [1.165, 1.54) is 28.7 Å². The van der Waals surface area contributed by atoms with E-state index >= 15 is 0 Å². The highest BCUT2D eigenvalue weighted by atomic mass is 32.1. The number of thiophene rings is 1. The summed E-state index contributed by atoms with van der Waals surface area (Å²) in [7, 11) is 0. The average molecular weight is 360 g/mol. The highest BCUT2D eigenvalue weighted by Gasteiger charge is 2.21. The van der Waals surface area contributed by atoms with Crippen molar-refractivity contribution in [2.24, 2.45) is 0 Å². The first-order valence-corrected chi connectivity index (χ1v) is 9.62. The van der Waals surface area contributed by atoms with Crippen LogP contribution in [0, 0.1) is 6.92 Å². The van der Waals surface area contributed by atoms with Crippen molar-refractivity contribution < 1.29 is 9.53 Å². The highest BCUT2D eigenvalue weighted by Crippen LogP contribution is 2.30. The van der Waals surface area contributed by atoms with Crippen LogP contribution in [0.5, 0.6) is 0 Å². The van der Waals surface area contributed by atoms with Crippen LogP contribution in [0.2, 0.25) is 0 Å². The van der Waals surface area contributed by atoms with Crippen molar-refractivity contribution in [1.82, 2.24) is 9.38 Å². The van der Waals surface area contributed by atoms with Crippen molar-refractivity contribution in [3.63, 3.8) is 0 Å². The zero-order valence-electron chi connectivity index (χ0n) is 13.2. The molecule has 3 heterocycles. The maximum atomic E-state index is 12.4. The van der Waals surface area contributed by atoms with Gasteiger partial charge in [-0.05, 0) is 38.2 Å². The largest absolute Gasteiger partial charge is 0.456 e. The van der Waals surface area contributed by atoms with Gasteiger partial charge in [0.15, 0.2) is 4.96 Å². The fourth-order valence-electron chi connectivity index (χ4n) is 3.06. The summed E-state index contributed by atoms with van der Waals surface area (Å²) in [6.07, 6.45) is 4.32. The first kappa shape index (κ1) is 15.5. The minimum Gasteiger partial charge on any atom is -0.456 e. The zero-order chi connectivity index (χ0) is 16.7. The Labute approximate surface area is 146 Å². The van der Waals surface area contributed by atoms with Crippen molar-refractivity contribution >= 4 is 33.6 Å². The summed E-state index contributed by atoms with van der Waals surface area (Å²) in [5.41, 5.74) is 3.03. The normalized spacial score (nSPS) is 13.9. The Bertz CT molecular complexity index is 984. The molecule has 0 bridgehead atoms. The molecular formula is C17H16N2O3S2. The molecule has 0 saturated heterocycles. The summed E-state index contributed by atoms with van der Waals surface area (Å²) in [4.78, 5) is 30.9. The number of carbonyl (C=O) groups is 1. The highest BCUT2D eigenvalue weighted by molar-refractivity contribution is 7.15. The Morgan fingerprint density at radius 3 is 3.00 bits per heavy atom. The van der Waals surface area contributed by atoms with Crippen LogP contribution in [0.15, 0.2) is 21.6 Å². The molecule has 124 valence electrons. The molecule has 0 radical (unpaired) electrons. The van der Waals surface area contributed by atoms with Crippen molar-refractivity contribution in [2.45, 2.75) is 39.2 Å². The Hall–Kier alpha value is -1.99. The lowest BCUT2D eigenvalue weighted by Crippen LogP contribution is -2.16. The van der Waals surface area contributed by atoms with Gasteiger partial charge in [0.2, 0.25) is 0 Å². The van der Waals surface area contributed by atoms with E-state index in [0.29, 0.717) is 16.2 Å². The molecule has 5 nitrogen and oxygen atoms in total. The number of hydrogen-bond acceptors (Lipinski definition) is 6. The van der Waals surface area contributed by atoms with Gasteiger partial charge in [-0.15, -0.1) is 22.7 Å². The molecule has 3 aromatic rings. The van der Waals surface area contributed by atoms with Crippen LogP contribution in [0.3, 0.4) is 0 Å². The summed E-state index contributed by atoms with van der Waals surface area (Å²) in [6.45, 7) is 1.89. The fraction of sp³-hybridized carbons (Fsp3) is 0.353. The van der Waals surface area contributed by atoms with Gasteiger partial charge in [0.25, 0.3) is 5.56 Å². The smallest absolute Gasteiger partial charge is 0.339 e. The summed E-state index contributed by atoms with van der Waals surface area (Å²) >= 11 is 3.05. The molecular weight excluding hydrogens is 344 g/mol. The number of rotatable bonds is 3. The molecule has 0 saturated carbocycles. The van der Waals surface area contributed by atoms with Gasteiger partial charge in [-0.1, -0.05) is 0 Å². The van der Waals surface area contributed by atoms with Crippen molar-refractivity contribution in [2.75, 3.05) is 0 Å². The maximum absolute atomic E-state index is 12.4. The summed E-state index contributed by atoms with van der Waals surface area (Å²) < 4.78 is 6.97. The molecule has 0 amide bonds. The standard InChI is InChI=1S/C17H16N2O3S2/c1-10-8-24-17-18-11(6-15(20)19(10)17)7-22-16(21)13-9-23-14-5-3-2-4-12(13)14/h6,8-9H,2-5,7H2,1H3. The first-order chi connectivity index (χ1) is 11.6. The van der Waals surface area contributed by atoms with E-state index < -0.39 is 0 Å². The molecule has 0 atom stereocenters. The van der Waals surface area contributed by atoms with Gasteiger partial charge in [-0.3, -0.25) is 9.20 Å². The average Bonchev–Trinajstić information content (AvgIpc) is 3.17. The van der Waals surface area contributed by atoms with Crippen LogP contribution in [0.4, 0.5) is 0 Å². The Balaban J connectivity index is 1.53. The molecule has 4 rings (SSSR count). The van der Waals surface area contributed by atoms with Gasteiger partial charge in [0.05, 0.1) is 11.3 Å². The lowest BCUT2D eigenvalue weighted by molar-refractivity contribution is 0.0467. The van der Waals surface area contributed by atoms with Crippen molar-refractivity contribution in [3.05, 3.63) is 54.6 Å². The van der Waals surface area contributed by atoms with Gasteiger partial charge >= 0.3 is 5.97 Å². The van der Waals surface area contributed by atoms with Crippen LogP contribution >= 0.6 is 22.7 Å². The number of esters is 1. The second-order valence-corrected chi connectivity index (χ2v) is 7.72. The minimum atomic E-state index is -0.321. The van der Waals surface area contributed by atoms with Crippen LogP contribution in [0.1, 0.15) is 45.0 Å². The van der Waals surface area contributed by atoms with Gasteiger partial charge in [0.1, 0.15) is 6.61 Å². The van der Waals surface area contributed by atoms with Gasteiger partial charge in [0, 0.05) is 27.4 Å². The van der Waals surface area contributed by atoms with Crippen LogP contribution in [-0.4, -0.2) is 15.4 Å². The summed E-state index contributed by atoms with van der Waals surface area (Å²) in [5.74, 6) is -0.321. The number of thiazole rings is 1. The molecule has 0 aromatic carbocycles. The lowest BCUT2D eigenvalue weighted by Gasteiger charge is -2.12. The van der Waals surface area contributed by atoms with E-state index in [1.807, 2.05) is 17.7 Å². The molecule has 1 aliphatic rings. The molecule has 1 aliphatic carbocycles. The summed E-state index contributed by atoms with van der Waals surface area (Å²) in [5, 5.41) is 3.78. The SMILES string of the molecule is Cc1csc2nc(COC(=O)c3csc4c3CCCC4)cc(=O)n12. The molecule has 0 fully saturated rings. The predicted octanol–water partition coefficient (Wildman–Crippen LogP) is 3.36. The third-order valence-electron chi connectivity index (χ3n) is 4.26. The Kier molecular flexibility index (Phi) is 3.97. The number of aromatic nitrogens is 2. The van der Waals surface area contributed by atoms with E-state index in [2.05, 4.69) is 4.98 Å². The molecule has 0 unspecified atom stereocenters. The molecule has 0 spiro atoms. The van der Waals surface area contributed by atoms with Crippen molar-refractivity contribution in [3.8, 4) is 0 Å². The molecule has 0 aliphatic heterocycles. The Morgan fingerprint density at radius 1 is 1.29 bits per heavy atom. The number of ether oxygens (including phenoxy) is 1. The number of aryl methyl sites for hydroxylation is 2. The monoisotopic (exact) mass is 360 g/mol. The Morgan fingerprint density at radius 2 is 2.12 bits per heavy atom. The van der Waals surface area contributed by atoms with E-state index in [0.717, 1.165) is 30.5 Å². The van der Waals surface area contributed by atoms with E-state index in [-0.39, 0.29) is 18.1 Å². The molecule has 7 heteroatoms.